The summed E-state index contributed by atoms with van der Waals surface area (Å²) in [5, 5.41) is 8.19. The first kappa shape index (κ1) is 31.9. The van der Waals surface area contributed by atoms with E-state index in [1.54, 1.807) is 5.06 Å². The van der Waals surface area contributed by atoms with Crippen molar-refractivity contribution in [3.63, 3.8) is 0 Å². The third kappa shape index (κ3) is 15.1. The van der Waals surface area contributed by atoms with E-state index in [1.165, 1.54) is 57.8 Å². The maximum atomic E-state index is 12.0. The lowest BCUT2D eigenvalue weighted by Crippen LogP contribution is -2.36. The van der Waals surface area contributed by atoms with Gasteiger partial charge in [-0.15, -0.1) is 0 Å². The molecular formula is C26H43NO8S. The lowest BCUT2D eigenvalue weighted by molar-refractivity contribution is -0.147. The molecule has 10 heteroatoms. The smallest absolute Gasteiger partial charge is 0.327 e. The summed E-state index contributed by atoms with van der Waals surface area (Å²) in [6.45, 7) is 2.59. The Bertz CT molecular complexity index is 832. The Hall–Kier alpha value is -2.17. The number of ether oxygens (including phenoxy) is 1. The number of anilines is 1. The predicted octanol–water partition coefficient (Wildman–Crippen LogP) is 5.40. The van der Waals surface area contributed by atoms with Crippen molar-refractivity contribution in [2.24, 2.45) is 0 Å². The summed E-state index contributed by atoms with van der Waals surface area (Å²) in [6.07, 6.45) is 13.8. The van der Waals surface area contributed by atoms with Crippen LogP contribution >= 0.6 is 0 Å². The van der Waals surface area contributed by atoms with Crippen molar-refractivity contribution in [2.45, 2.75) is 95.6 Å². The van der Waals surface area contributed by atoms with Gasteiger partial charge in [0.25, 0.3) is 10.1 Å². The van der Waals surface area contributed by atoms with E-state index >= 15 is 0 Å². The average Bonchev–Trinajstić information content (AvgIpc) is 2.84. The molecule has 1 unspecified atom stereocenters. The molecule has 2 N–H and O–H groups in total. The van der Waals surface area contributed by atoms with Gasteiger partial charge in [0.2, 0.25) is 0 Å². The van der Waals surface area contributed by atoms with E-state index in [2.05, 4.69) is 6.92 Å². The number of aliphatic carboxylic acids is 1. The number of nitrogens with zero attached hydrogens (tertiary/aromatic N) is 1. The van der Waals surface area contributed by atoms with Crippen LogP contribution in [-0.2, 0) is 29.3 Å². The Labute approximate surface area is 215 Å². The summed E-state index contributed by atoms with van der Waals surface area (Å²) in [7, 11) is -4.90. The lowest BCUT2D eigenvalue weighted by Gasteiger charge is -2.24. The third-order valence-corrected chi connectivity index (χ3v) is 6.89. The van der Waals surface area contributed by atoms with Gasteiger partial charge in [0, 0.05) is 0 Å². The summed E-state index contributed by atoms with van der Waals surface area (Å²) < 4.78 is 36.7. The Morgan fingerprint density at radius 3 is 1.89 bits per heavy atom. The van der Waals surface area contributed by atoms with Crippen LogP contribution in [-0.4, -0.2) is 55.0 Å². The minimum Gasteiger partial charge on any atom is -0.481 e. The van der Waals surface area contributed by atoms with E-state index in [1.807, 2.05) is 30.3 Å². The first-order chi connectivity index (χ1) is 17.3. The molecule has 0 aliphatic heterocycles. The van der Waals surface area contributed by atoms with Crippen LogP contribution < -0.4 is 5.06 Å². The zero-order valence-electron chi connectivity index (χ0n) is 21.5. The number of hydroxylamine groups is 1. The van der Waals surface area contributed by atoms with E-state index in [9.17, 15) is 18.0 Å². The number of rotatable bonds is 22. The number of carboxylic acids is 1. The highest BCUT2D eigenvalue weighted by Crippen LogP contribution is 2.16. The number of carbonyl (C=O) groups is 2. The molecule has 1 atom stereocenters. The average molecular weight is 530 g/mol. The third-order valence-electron chi connectivity index (χ3n) is 5.81. The second kappa shape index (κ2) is 19.0. The minimum absolute atomic E-state index is 0.110. The molecule has 0 radical (unpaired) electrons. The monoisotopic (exact) mass is 529 g/mol. The molecule has 1 rings (SSSR count). The molecule has 0 spiro atoms. The molecule has 1 aromatic carbocycles. The van der Waals surface area contributed by atoms with Crippen molar-refractivity contribution in [3.05, 3.63) is 30.3 Å². The molecular weight excluding hydrogens is 486 g/mol. The van der Waals surface area contributed by atoms with Crippen molar-refractivity contribution in [2.75, 3.05) is 24.8 Å². The number of hydrogen-bond acceptors (Lipinski definition) is 7. The lowest BCUT2D eigenvalue weighted by atomic mass is 10.1. The van der Waals surface area contributed by atoms with E-state index in [0.717, 1.165) is 24.9 Å². The predicted molar refractivity (Wildman–Crippen MR) is 139 cm³/mol. The van der Waals surface area contributed by atoms with E-state index in [-0.39, 0.29) is 13.2 Å². The summed E-state index contributed by atoms with van der Waals surface area (Å²) in [5.41, 5.74) is 0.740. The van der Waals surface area contributed by atoms with Gasteiger partial charge < -0.3 is 9.84 Å². The number of unbranched alkanes of at least 4 members (excludes halogenated alkanes) is 11. The van der Waals surface area contributed by atoms with Crippen LogP contribution in [0.5, 0.6) is 0 Å². The minimum atomic E-state index is -4.90. The fraction of sp³-hybridized carbons (Fsp3) is 0.692. The Kier molecular flexibility index (Phi) is 16.8. The molecule has 0 saturated heterocycles. The topological polar surface area (TPSA) is 130 Å². The molecule has 0 fully saturated rings. The molecule has 206 valence electrons. The summed E-state index contributed by atoms with van der Waals surface area (Å²) >= 11 is 0. The maximum Gasteiger partial charge on any atom is 0.327 e. The second-order valence-electron chi connectivity index (χ2n) is 8.93. The second-order valence-corrected chi connectivity index (χ2v) is 10.5. The standard InChI is InChI=1S/C26H43NO8S/c1-2-3-4-5-6-7-8-9-10-11-12-16-20-35-27(23-17-14-13-15-18-23)19-21-34-26(30)24(22-25(28)29)36(31,32)33/h13-15,17-18,24H,2-12,16,19-22H2,1H3,(H,28,29)(H,31,32,33). The number of esters is 1. The highest BCUT2D eigenvalue weighted by Gasteiger charge is 2.35. The van der Waals surface area contributed by atoms with E-state index in [4.69, 9.17) is 19.2 Å². The molecule has 0 heterocycles. The molecule has 0 amide bonds. The van der Waals surface area contributed by atoms with Gasteiger partial charge >= 0.3 is 11.9 Å². The SMILES string of the molecule is CCCCCCCCCCCCCCON(CCOC(=O)C(CC(=O)O)S(=O)(=O)O)c1ccccc1. The van der Waals surface area contributed by atoms with Crippen LogP contribution in [0.2, 0.25) is 0 Å². The number of benzene rings is 1. The van der Waals surface area contributed by atoms with Gasteiger partial charge in [0.1, 0.15) is 6.61 Å². The summed E-state index contributed by atoms with van der Waals surface area (Å²) in [6, 6.07) is 9.19. The summed E-state index contributed by atoms with van der Waals surface area (Å²) in [5.74, 6) is -2.85. The van der Waals surface area contributed by atoms with E-state index < -0.39 is 33.7 Å². The molecule has 0 aromatic heterocycles. The van der Waals surface area contributed by atoms with Crippen LogP contribution in [0.25, 0.3) is 0 Å². The van der Waals surface area contributed by atoms with Gasteiger partial charge in [0.15, 0.2) is 5.25 Å². The van der Waals surface area contributed by atoms with Crippen LogP contribution in [0.1, 0.15) is 90.4 Å². The molecule has 9 nitrogen and oxygen atoms in total. The fourth-order valence-electron chi connectivity index (χ4n) is 3.77. The van der Waals surface area contributed by atoms with Crippen LogP contribution in [0.15, 0.2) is 30.3 Å². The maximum absolute atomic E-state index is 12.0. The molecule has 0 aliphatic rings. The first-order valence-corrected chi connectivity index (χ1v) is 14.6. The van der Waals surface area contributed by atoms with Crippen LogP contribution in [0.4, 0.5) is 5.69 Å². The van der Waals surface area contributed by atoms with E-state index in [0.29, 0.717) is 6.61 Å². The number of hydrogen-bond donors (Lipinski definition) is 2. The quantitative estimate of drug-likeness (QED) is 0.0877. The number of carbonyl (C=O) groups excluding carboxylic acids is 1. The van der Waals surface area contributed by atoms with Crippen molar-refractivity contribution in [1.82, 2.24) is 0 Å². The zero-order chi connectivity index (χ0) is 26.7. The fourth-order valence-corrected chi connectivity index (χ4v) is 4.44. The Balaban J connectivity index is 2.34. The molecule has 1 aromatic rings. The van der Waals surface area contributed by atoms with Crippen molar-refractivity contribution in [1.29, 1.82) is 0 Å². The zero-order valence-corrected chi connectivity index (χ0v) is 22.3. The van der Waals surface area contributed by atoms with Crippen molar-refractivity contribution in [3.8, 4) is 0 Å². The largest absolute Gasteiger partial charge is 0.481 e. The molecule has 0 saturated carbocycles. The molecule has 0 bridgehead atoms. The summed E-state index contributed by atoms with van der Waals surface area (Å²) in [4.78, 5) is 28.7. The molecule has 36 heavy (non-hydrogen) atoms. The van der Waals surface area contributed by atoms with Gasteiger partial charge in [-0.3, -0.25) is 24.0 Å². The van der Waals surface area contributed by atoms with Gasteiger partial charge in [0.05, 0.1) is 25.3 Å². The molecule has 0 aliphatic carbocycles. The van der Waals surface area contributed by atoms with Crippen molar-refractivity contribution >= 4 is 27.7 Å². The van der Waals surface area contributed by atoms with Gasteiger partial charge in [-0.25, -0.2) is 0 Å². The van der Waals surface area contributed by atoms with Gasteiger partial charge in [-0.1, -0.05) is 95.8 Å². The number of para-hydroxylation sites is 1. The first-order valence-electron chi connectivity index (χ1n) is 13.1. The highest BCUT2D eigenvalue weighted by molar-refractivity contribution is 7.87. The Morgan fingerprint density at radius 1 is 0.861 bits per heavy atom. The van der Waals surface area contributed by atoms with Crippen LogP contribution in [0, 0.1) is 0 Å². The highest BCUT2D eigenvalue weighted by atomic mass is 32.2. The van der Waals surface area contributed by atoms with Gasteiger partial charge in [-0.2, -0.15) is 8.42 Å². The van der Waals surface area contributed by atoms with Gasteiger partial charge in [-0.05, 0) is 18.6 Å². The Morgan fingerprint density at radius 2 is 1.39 bits per heavy atom. The normalized spacial score (nSPS) is 12.3. The van der Waals surface area contributed by atoms with Crippen molar-refractivity contribution < 1.29 is 37.2 Å². The number of carboxylic acid groups (broad SMARTS) is 1. The van der Waals surface area contributed by atoms with Crippen LogP contribution in [0.3, 0.4) is 0 Å².